The van der Waals surface area contributed by atoms with Gasteiger partial charge in [-0.25, -0.2) is 0 Å². The first-order valence-electron chi connectivity index (χ1n) is 3.11. The quantitative estimate of drug-likeness (QED) is 0.435. The number of rotatable bonds is 3. The Hall–Kier alpha value is -0.0831. The van der Waals surface area contributed by atoms with E-state index in [1.807, 2.05) is 19.9 Å². The second kappa shape index (κ2) is 3.18. The summed E-state index contributed by atoms with van der Waals surface area (Å²) in [6.45, 7) is 12.0. The van der Waals surface area contributed by atoms with Crippen molar-refractivity contribution in [1.29, 1.82) is 0 Å². The van der Waals surface area contributed by atoms with E-state index in [0.29, 0.717) is 0 Å². The van der Waals surface area contributed by atoms with Crippen molar-refractivity contribution in [3.63, 3.8) is 0 Å². The highest BCUT2D eigenvalue weighted by Gasteiger charge is 2.14. The van der Waals surface area contributed by atoms with E-state index in [1.54, 1.807) is 0 Å². The first kappa shape index (κ1) is 8.92. The Kier molecular flexibility index (Phi) is 3.15. The van der Waals surface area contributed by atoms with Gasteiger partial charge in [0.25, 0.3) is 0 Å². The third-order valence-electron chi connectivity index (χ3n) is 0.959. The molecule has 0 bridgehead atoms. The Morgan fingerprint density at radius 3 is 2.00 bits per heavy atom. The molecule has 0 unspecified atom stereocenters. The van der Waals surface area contributed by atoms with Crippen LogP contribution < -0.4 is 0 Å². The fraction of sp³-hybridized carbons (Fsp3) is 0.714. The molecule has 9 heavy (non-hydrogen) atoms. The monoisotopic (exact) mass is 143 g/mol. The van der Waals surface area contributed by atoms with Crippen molar-refractivity contribution in [2.45, 2.75) is 32.5 Å². The zero-order chi connectivity index (χ0) is 7.49. The van der Waals surface area contributed by atoms with Crippen molar-refractivity contribution in [1.82, 2.24) is 0 Å². The molecule has 1 radical (unpaired) electrons. The molecule has 1 nitrogen and oxygen atoms in total. The lowest BCUT2D eigenvalue weighted by atomic mass is 10.1. The summed E-state index contributed by atoms with van der Waals surface area (Å²) in [5, 5.41) is 0. The number of hydrogen-bond acceptors (Lipinski definition) is 1. The smallest absolute Gasteiger partial charge is 0.206 e. The normalized spacial score (nSPS) is 12.1. The SMILES string of the molecule is C=CC(C)(C)O[Si](C)C. The Morgan fingerprint density at radius 1 is 1.44 bits per heavy atom. The minimum absolute atomic E-state index is 0.127. The fourth-order valence-electron chi connectivity index (χ4n) is 0.568. The maximum atomic E-state index is 5.57. The lowest BCUT2D eigenvalue weighted by molar-refractivity contribution is 0.164. The van der Waals surface area contributed by atoms with Crippen LogP contribution in [0.4, 0.5) is 0 Å². The molecule has 0 saturated carbocycles. The molecule has 0 aliphatic carbocycles. The molecule has 0 fully saturated rings. The molecule has 0 aromatic carbocycles. The second-order valence-corrected chi connectivity index (χ2v) is 4.84. The topological polar surface area (TPSA) is 9.23 Å². The van der Waals surface area contributed by atoms with Crippen LogP contribution in [-0.4, -0.2) is 14.6 Å². The molecule has 0 aromatic heterocycles. The van der Waals surface area contributed by atoms with Gasteiger partial charge >= 0.3 is 0 Å². The molecule has 0 rings (SSSR count). The van der Waals surface area contributed by atoms with Gasteiger partial charge in [0.1, 0.15) is 0 Å². The predicted molar refractivity (Wildman–Crippen MR) is 42.8 cm³/mol. The van der Waals surface area contributed by atoms with Gasteiger partial charge in [-0.1, -0.05) is 6.08 Å². The molecule has 0 N–H and O–H groups in total. The van der Waals surface area contributed by atoms with Crippen molar-refractivity contribution in [3.8, 4) is 0 Å². The fourth-order valence-corrected chi connectivity index (χ4v) is 1.70. The third-order valence-corrected chi connectivity index (χ3v) is 1.89. The zero-order valence-corrected chi connectivity index (χ0v) is 7.69. The van der Waals surface area contributed by atoms with Crippen LogP contribution in [-0.2, 0) is 4.43 Å². The van der Waals surface area contributed by atoms with E-state index in [-0.39, 0.29) is 5.60 Å². The lowest BCUT2D eigenvalue weighted by Crippen LogP contribution is -2.27. The predicted octanol–water partition coefficient (Wildman–Crippen LogP) is 2.22. The van der Waals surface area contributed by atoms with Crippen molar-refractivity contribution >= 4 is 9.04 Å². The highest BCUT2D eigenvalue weighted by molar-refractivity contribution is 6.48. The minimum atomic E-state index is -0.575. The largest absolute Gasteiger partial charge is 0.409 e. The van der Waals surface area contributed by atoms with E-state index in [1.165, 1.54) is 0 Å². The van der Waals surface area contributed by atoms with Gasteiger partial charge in [0.15, 0.2) is 0 Å². The van der Waals surface area contributed by atoms with Gasteiger partial charge in [-0.15, -0.1) is 6.58 Å². The van der Waals surface area contributed by atoms with Crippen molar-refractivity contribution in [3.05, 3.63) is 12.7 Å². The van der Waals surface area contributed by atoms with Crippen LogP contribution in [0.5, 0.6) is 0 Å². The van der Waals surface area contributed by atoms with E-state index < -0.39 is 9.04 Å². The van der Waals surface area contributed by atoms with Crippen LogP contribution in [0.25, 0.3) is 0 Å². The van der Waals surface area contributed by atoms with E-state index in [0.717, 1.165) is 0 Å². The highest BCUT2D eigenvalue weighted by Crippen LogP contribution is 2.10. The Bertz CT molecular complexity index is 97.1. The summed E-state index contributed by atoms with van der Waals surface area (Å²) in [7, 11) is -0.575. The Balaban J connectivity index is 3.71. The summed E-state index contributed by atoms with van der Waals surface area (Å²) in [6.07, 6.45) is 1.84. The summed E-state index contributed by atoms with van der Waals surface area (Å²) < 4.78 is 5.57. The summed E-state index contributed by atoms with van der Waals surface area (Å²) >= 11 is 0. The molecule has 2 heteroatoms. The Labute approximate surface area is 59.5 Å². The first-order valence-corrected chi connectivity index (χ1v) is 5.51. The van der Waals surface area contributed by atoms with Crippen molar-refractivity contribution < 1.29 is 4.43 Å². The van der Waals surface area contributed by atoms with Crippen LogP contribution in [0.2, 0.25) is 13.1 Å². The molecule has 0 atom stereocenters. The van der Waals surface area contributed by atoms with Crippen LogP contribution >= 0.6 is 0 Å². The molecular weight excluding hydrogens is 128 g/mol. The van der Waals surface area contributed by atoms with Gasteiger partial charge in [0.2, 0.25) is 9.04 Å². The summed E-state index contributed by atoms with van der Waals surface area (Å²) in [4.78, 5) is 0. The van der Waals surface area contributed by atoms with Crippen LogP contribution in [0.1, 0.15) is 13.8 Å². The van der Waals surface area contributed by atoms with Gasteiger partial charge in [-0.05, 0) is 26.9 Å². The standard InChI is InChI=1S/C7H15OSi/c1-6-7(2,3)8-9(4)5/h6H,1H2,2-5H3. The molecular formula is C7H15OSi. The van der Waals surface area contributed by atoms with Crippen LogP contribution in [0.3, 0.4) is 0 Å². The lowest BCUT2D eigenvalue weighted by Gasteiger charge is -2.22. The third kappa shape index (κ3) is 4.42. The second-order valence-electron chi connectivity index (χ2n) is 2.82. The maximum Gasteiger partial charge on any atom is 0.206 e. The molecule has 0 spiro atoms. The van der Waals surface area contributed by atoms with E-state index in [4.69, 9.17) is 4.43 Å². The van der Waals surface area contributed by atoms with Crippen molar-refractivity contribution in [2.75, 3.05) is 0 Å². The number of hydrogen-bond donors (Lipinski definition) is 0. The van der Waals surface area contributed by atoms with Gasteiger partial charge < -0.3 is 4.43 Å². The highest BCUT2D eigenvalue weighted by atomic mass is 28.3. The molecule has 0 aliphatic rings. The molecule has 0 aliphatic heterocycles. The average molecular weight is 143 g/mol. The van der Waals surface area contributed by atoms with E-state index >= 15 is 0 Å². The summed E-state index contributed by atoms with van der Waals surface area (Å²) in [5.41, 5.74) is -0.127. The summed E-state index contributed by atoms with van der Waals surface area (Å²) in [5.74, 6) is 0. The van der Waals surface area contributed by atoms with Crippen molar-refractivity contribution in [2.24, 2.45) is 0 Å². The van der Waals surface area contributed by atoms with E-state index in [2.05, 4.69) is 19.7 Å². The summed E-state index contributed by atoms with van der Waals surface area (Å²) in [6, 6.07) is 0. The zero-order valence-electron chi connectivity index (χ0n) is 6.69. The van der Waals surface area contributed by atoms with Crippen LogP contribution in [0.15, 0.2) is 12.7 Å². The van der Waals surface area contributed by atoms with E-state index in [9.17, 15) is 0 Å². The molecule has 53 valence electrons. The maximum absolute atomic E-state index is 5.57. The van der Waals surface area contributed by atoms with Gasteiger partial charge in [-0.2, -0.15) is 0 Å². The molecule has 0 amide bonds. The Morgan fingerprint density at radius 2 is 1.89 bits per heavy atom. The first-order chi connectivity index (χ1) is 3.98. The average Bonchev–Trinajstić information content (AvgIpc) is 1.63. The minimum Gasteiger partial charge on any atom is -0.409 e. The van der Waals surface area contributed by atoms with Gasteiger partial charge in [-0.3, -0.25) is 0 Å². The molecule has 0 saturated heterocycles. The molecule has 0 aromatic rings. The van der Waals surface area contributed by atoms with Crippen LogP contribution in [0, 0.1) is 0 Å². The van der Waals surface area contributed by atoms with Gasteiger partial charge in [0.05, 0.1) is 5.60 Å². The molecule has 0 heterocycles. The van der Waals surface area contributed by atoms with Gasteiger partial charge in [0, 0.05) is 0 Å².